The monoisotopic (exact) mass is 443 g/mol. The number of ether oxygens (including phenoxy) is 1. The lowest BCUT2D eigenvalue weighted by Crippen LogP contribution is -2.49. The molecule has 1 fully saturated rings. The Morgan fingerprint density at radius 3 is 2.26 bits per heavy atom. The van der Waals surface area contributed by atoms with Gasteiger partial charge in [0.05, 0.1) is 5.56 Å². The number of guanidine groups is 1. The minimum Gasteiger partial charge on any atom is -0.488 e. The minimum atomic E-state index is -4.47. The number of piperazine rings is 1. The smallest absolute Gasteiger partial charge is 0.416 e. The largest absolute Gasteiger partial charge is 0.488 e. The molecule has 2 rings (SSSR count). The molecule has 1 heterocycles. The first kappa shape index (κ1) is 25.3. The van der Waals surface area contributed by atoms with Crippen LogP contribution >= 0.6 is 0 Å². The SMILES string of the molecule is CCN1CCN(CCNC(=NC)NCc2ccc(OC(C)(C)C)cc2C(F)(F)F)CC1. The lowest BCUT2D eigenvalue weighted by molar-refractivity contribution is -0.138. The second-order valence-corrected chi connectivity index (χ2v) is 8.66. The van der Waals surface area contributed by atoms with Gasteiger partial charge in [-0.25, -0.2) is 0 Å². The van der Waals surface area contributed by atoms with E-state index >= 15 is 0 Å². The summed E-state index contributed by atoms with van der Waals surface area (Å²) >= 11 is 0. The van der Waals surface area contributed by atoms with E-state index in [1.54, 1.807) is 33.9 Å². The number of halogens is 3. The molecule has 0 atom stereocenters. The highest BCUT2D eigenvalue weighted by atomic mass is 19.4. The fourth-order valence-corrected chi connectivity index (χ4v) is 3.45. The molecule has 0 amide bonds. The maximum Gasteiger partial charge on any atom is 0.416 e. The van der Waals surface area contributed by atoms with Crippen LogP contribution in [-0.2, 0) is 12.7 Å². The van der Waals surface area contributed by atoms with Crippen molar-refractivity contribution in [2.24, 2.45) is 4.99 Å². The van der Waals surface area contributed by atoms with Crippen LogP contribution < -0.4 is 15.4 Å². The molecule has 0 spiro atoms. The van der Waals surface area contributed by atoms with E-state index in [2.05, 4.69) is 32.3 Å². The van der Waals surface area contributed by atoms with Gasteiger partial charge in [0.25, 0.3) is 0 Å². The molecule has 1 aromatic rings. The van der Waals surface area contributed by atoms with E-state index in [4.69, 9.17) is 4.74 Å². The molecular formula is C22H36F3N5O. The van der Waals surface area contributed by atoms with E-state index in [0.717, 1.165) is 45.3 Å². The first-order valence-electron chi connectivity index (χ1n) is 10.8. The van der Waals surface area contributed by atoms with E-state index in [0.29, 0.717) is 12.5 Å². The van der Waals surface area contributed by atoms with E-state index in [9.17, 15) is 13.2 Å². The third kappa shape index (κ3) is 8.57. The van der Waals surface area contributed by atoms with Gasteiger partial charge in [-0.3, -0.25) is 9.89 Å². The summed E-state index contributed by atoms with van der Waals surface area (Å²) in [5.74, 6) is 0.685. The highest BCUT2D eigenvalue weighted by Crippen LogP contribution is 2.35. The fraction of sp³-hybridized carbons (Fsp3) is 0.682. The maximum atomic E-state index is 13.6. The Morgan fingerprint density at radius 2 is 1.71 bits per heavy atom. The molecule has 2 N–H and O–H groups in total. The number of hydrogen-bond acceptors (Lipinski definition) is 4. The van der Waals surface area contributed by atoms with Gasteiger partial charge in [-0.15, -0.1) is 0 Å². The van der Waals surface area contributed by atoms with Crippen LogP contribution in [0.3, 0.4) is 0 Å². The Hall–Kier alpha value is -2.00. The van der Waals surface area contributed by atoms with Crippen LogP contribution in [0.25, 0.3) is 0 Å². The lowest BCUT2D eigenvalue weighted by atomic mass is 10.1. The molecule has 1 saturated heterocycles. The number of benzene rings is 1. The standard InChI is InChI=1S/C22H36F3N5O/c1-6-29-11-13-30(14-12-29)10-9-27-20(26-5)28-16-17-7-8-18(31-21(2,3)4)15-19(17)22(23,24)25/h7-8,15H,6,9-14,16H2,1-5H3,(H2,26,27,28). The molecule has 0 aromatic heterocycles. The third-order valence-electron chi connectivity index (χ3n) is 5.11. The Labute approximate surface area is 183 Å². The zero-order valence-electron chi connectivity index (χ0n) is 19.3. The van der Waals surface area contributed by atoms with Crippen molar-refractivity contribution in [2.75, 3.05) is 52.9 Å². The molecule has 9 heteroatoms. The molecule has 6 nitrogen and oxygen atoms in total. The summed E-state index contributed by atoms with van der Waals surface area (Å²) in [7, 11) is 1.61. The molecule has 1 aromatic carbocycles. The predicted molar refractivity (Wildman–Crippen MR) is 119 cm³/mol. The van der Waals surface area contributed by atoms with Crippen LogP contribution in [0.5, 0.6) is 5.75 Å². The molecule has 1 aliphatic rings. The van der Waals surface area contributed by atoms with Crippen LogP contribution in [0.2, 0.25) is 0 Å². The summed E-state index contributed by atoms with van der Waals surface area (Å²) in [6.45, 7) is 14.4. The molecule has 176 valence electrons. The van der Waals surface area contributed by atoms with Crippen molar-refractivity contribution in [3.63, 3.8) is 0 Å². The summed E-state index contributed by atoms with van der Waals surface area (Å²) in [6.07, 6.45) is -4.47. The normalized spacial score (nSPS) is 17.0. The van der Waals surface area contributed by atoms with Crippen molar-refractivity contribution in [3.05, 3.63) is 29.3 Å². The maximum absolute atomic E-state index is 13.6. The molecule has 0 saturated carbocycles. The van der Waals surface area contributed by atoms with Crippen LogP contribution in [0.15, 0.2) is 23.2 Å². The lowest BCUT2D eigenvalue weighted by Gasteiger charge is -2.34. The van der Waals surface area contributed by atoms with Gasteiger partial charge < -0.3 is 20.3 Å². The number of likely N-dealkylation sites (N-methyl/N-ethyl adjacent to an activating group) is 1. The second kappa shape index (κ2) is 11.0. The number of aliphatic imine (C=N–C) groups is 1. The van der Waals surface area contributed by atoms with Crippen molar-refractivity contribution in [1.29, 1.82) is 0 Å². The summed E-state index contributed by atoms with van der Waals surface area (Å²) < 4.78 is 46.4. The van der Waals surface area contributed by atoms with Gasteiger partial charge in [0.2, 0.25) is 0 Å². The molecule has 1 aliphatic heterocycles. The number of hydrogen-bond donors (Lipinski definition) is 2. The van der Waals surface area contributed by atoms with Crippen LogP contribution in [0.1, 0.15) is 38.8 Å². The zero-order chi connectivity index (χ0) is 23.1. The van der Waals surface area contributed by atoms with Gasteiger partial charge in [0.1, 0.15) is 11.4 Å². The van der Waals surface area contributed by atoms with Crippen LogP contribution in [0.4, 0.5) is 13.2 Å². The van der Waals surface area contributed by atoms with Gasteiger partial charge in [0.15, 0.2) is 5.96 Å². The van der Waals surface area contributed by atoms with Crippen molar-refractivity contribution < 1.29 is 17.9 Å². The highest BCUT2D eigenvalue weighted by molar-refractivity contribution is 5.79. The van der Waals surface area contributed by atoms with Gasteiger partial charge in [-0.1, -0.05) is 13.0 Å². The van der Waals surface area contributed by atoms with Crippen molar-refractivity contribution in [2.45, 2.75) is 46.0 Å². The number of rotatable bonds is 7. The average molecular weight is 444 g/mol. The van der Waals surface area contributed by atoms with E-state index in [1.165, 1.54) is 6.07 Å². The quantitative estimate of drug-likeness (QED) is 0.501. The molecule has 0 radical (unpaired) electrons. The molecule has 31 heavy (non-hydrogen) atoms. The van der Waals surface area contributed by atoms with Gasteiger partial charge in [-0.05, 0) is 45.0 Å². The summed E-state index contributed by atoms with van der Waals surface area (Å²) in [5, 5.41) is 6.18. The topological polar surface area (TPSA) is 52.1 Å². The van der Waals surface area contributed by atoms with E-state index in [-0.39, 0.29) is 17.9 Å². The first-order chi connectivity index (χ1) is 14.5. The zero-order valence-corrected chi connectivity index (χ0v) is 19.3. The van der Waals surface area contributed by atoms with Crippen LogP contribution in [-0.4, -0.2) is 74.2 Å². The summed E-state index contributed by atoms with van der Waals surface area (Å²) in [5.41, 5.74) is -1.13. The fourth-order valence-electron chi connectivity index (χ4n) is 3.45. The molecule has 0 aliphatic carbocycles. The van der Waals surface area contributed by atoms with Crippen molar-refractivity contribution in [3.8, 4) is 5.75 Å². The first-order valence-corrected chi connectivity index (χ1v) is 10.8. The number of nitrogens with one attached hydrogen (secondary N) is 2. The third-order valence-corrected chi connectivity index (χ3v) is 5.11. The molecular weight excluding hydrogens is 407 g/mol. The Morgan fingerprint density at radius 1 is 1.06 bits per heavy atom. The van der Waals surface area contributed by atoms with Gasteiger partial charge >= 0.3 is 6.18 Å². The Bertz CT molecular complexity index is 723. The second-order valence-electron chi connectivity index (χ2n) is 8.66. The average Bonchev–Trinajstić information content (AvgIpc) is 2.69. The summed E-state index contributed by atoms with van der Waals surface area (Å²) in [4.78, 5) is 8.92. The van der Waals surface area contributed by atoms with Crippen molar-refractivity contribution in [1.82, 2.24) is 20.4 Å². The Kier molecular flexibility index (Phi) is 9.00. The van der Waals surface area contributed by atoms with Crippen molar-refractivity contribution >= 4 is 5.96 Å². The van der Waals surface area contributed by atoms with E-state index in [1.807, 2.05) is 0 Å². The van der Waals surface area contributed by atoms with Gasteiger partial charge in [-0.2, -0.15) is 13.2 Å². The minimum absolute atomic E-state index is 0.0134. The summed E-state index contributed by atoms with van der Waals surface area (Å²) in [6, 6.07) is 4.09. The predicted octanol–water partition coefficient (Wildman–Crippen LogP) is 3.19. The highest BCUT2D eigenvalue weighted by Gasteiger charge is 2.34. The van der Waals surface area contributed by atoms with Gasteiger partial charge in [0, 0.05) is 52.9 Å². The molecule has 0 unspecified atom stereocenters. The van der Waals surface area contributed by atoms with E-state index < -0.39 is 17.3 Å². The number of alkyl halides is 3. The number of nitrogens with zero attached hydrogens (tertiary/aromatic N) is 3. The Balaban J connectivity index is 1.91. The molecule has 0 bridgehead atoms. The van der Waals surface area contributed by atoms with Crippen LogP contribution in [0, 0.1) is 0 Å².